The van der Waals surface area contributed by atoms with Crippen molar-refractivity contribution in [1.82, 2.24) is 9.80 Å². The molecule has 2 nitrogen and oxygen atoms in total. The van der Waals surface area contributed by atoms with Crippen molar-refractivity contribution in [3.8, 4) is 0 Å². The zero-order chi connectivity index (χ0) is 10.7. The van der Waals surface area contributed by atoms with Crippen LogP contribution in [-0.2, 0) is 0 Å². The zero-order valence-electron chi connectivity index (χ0n) is 10.4. The molecule has 1 saturated heterocycles. The second kappa shape index (κ2) is 5.31. The number of hydrogen-bond acceptors (Lipinski definition) is 2. The van der Waals surface area contributed by atoms with Gasteiger partial charge in [-0.3, -0.25) is 4.90 Å². The minimum absolute atomic E-state index is 0.914. The van der Waals surface area contributed by atoms with Crippen molar-refractivity contribution >= 4 is 0 Å². The summed E-state index contributed by atoms with van der Waals surface area (Å²) in [5.41, 5.74) is 0. The Bertz CT molecular complexity index is 185. The maximum atomic E-state index is 2.75. The van der Waals surface area contributed by atoms with Gasteiger partial charge in [-0.1, -0.05) is 26.2 Å². The lowest BCUT2D eigenvalue weighted by Crippen LogP contribution is -2.50. The van der Waals surface area contributed by atoms with Gasteiger partial charge in [-0.05, 0) is 25.8 Å². The molecular formula is C13H26N2. The van der Waals surface area contributed by atoms with Gasteiger partial charge in [0, 0.05) is 32.2 Å². The van der Waals surface area contributed by atoms with E-state index in [1.165, 1.54) is 58.3 Å². The summed E-state index contributed by atoms with van der Waals surface area (Å²) in [6.07, 6.45) is 7.28. The number of rotatable bonds is 2. The predicted octanol–water partition coefficient (Wildman–Crippen LogP) is 2.20. The van der Waals surface area contributed by atoms with E-state index in [4.69, 9.17) is 0 Å². The third-order valence-corrected chi connectivity index (χ3v) is 4.39. The molecule has 1 aliphatic heterocycles. The van der Waals surface area contributed by atoms with Crippen LogP contribution in [0.3, 0.4) is 0 Å². The molecule has 0 bridgehead atoms. The van der Waals surface area contributed by atoms with Crippen molar-refractivity contribution in [2.75, 3.05) is 33.2 Å². The van der Waals surface area contributed by atoms with Crippen molar-refractivity contribution in [3.05, 3.63) is 0 Å². The molecule has 2 heteroatoms. The topological polar surface area (TPSA) is 6.48 Å². The summed E-state index contributed by atoms with van der Waals surface area (Å²) in [6.45, 7) is 7.51. The Morgan fingerprint density at radius 1 is 1.07 bits per heavy atom. The average molecular weight is 210 g/mol. The van der Waals surface area contributed by atoms with Gasteiger partial charge < -0.3 is 4.90 Å². The van der Waals surface area contributed by atoms with E-state index in [2.05, 4.69) is 23.8 Å². The maximum Gasteiger partial charge on any atom is 0.0113 e. The van der Waals surface area contributed by atoms with Crippen molar-refractivity contribution in [2.24, 2.45) is 5.92 Å². The molecule has 0 N–H and O–H groups in total. The molecule has 15 heavy (non-hydrogen) atoms. The Morgan fingerprint density at radius 2 is 1.80 bits per heavy atom. The molecule has 2 fully saturated rings. The van der Waals surface area contributed by atoms with Crippen LogP contribution in [0.2, 0.25) is 0 Å². The van der Waals surface area contributed by atoms with Crippen LogP contribution in [0.25, 0.3) is 0 Å². The largest absolute Gasteiger partial charge is 0.304 e. The lowest BCUT2D eigenvalue weighted by atomic mass is 9.83. The van der Waals surface area contributed by atoms with Crippen LogP contribution in [0.1, 0.15) is 39.0 Å². The van der Waals surface area contributed by atoms with E-state index in [1.807, 2.05) is 0 Å². The summed E-state index contributed by atoms with van der Waals surface area (Å²) in [6, 6.07) is 0.914. The lowest BCUT2D eigenvalue weighted by Gasteiger charge is -2.41. The smallest absolute Gasteiger partial charge is 0.0113 e. The molecule has 0 amide bonds. The molecule has 0 aromatic heterocycles. The monoisotopic (exact) mass is 210 g/mol. The summed E-state index contributed by atoms with van der Waals surface area (Å²) >= 11 is 0. The Labute approximate surface area is 94.6 Å². The molecule has 1 aliphatic carbocycles. The predicted molar refractivity (Wildman–Crippen MR) is 65.1 cm³/mol. The summed E-state index contributed by atoms with van der Waals surface area (Å²) in [4.78, 5) is 5.21. The van der Waals surface area contributed by atoms with E-state index >= 15 is 0 Å². The van der Waals surface area contributed by atoms with Gasteiger partial charge in [0.2, 0.25) is 0 Å². The van der Waals surface area contributed by atoms with Gasteiger partial charge in [0.15, 0.2) is 0 Å². The van der Waals surface area contributed by atoms with Crippen LogP contribution in [0.15, 0.2) is 0 Å². The summed E-state index contributed by atoms with van der Waals surface area (Å²) in [5, 5.41) is 0. The summed E-state index contributed by atoms with van der Waals surface area (Å²) in [7, 11) is 2.24. The Balaban J connectivity index is 1.82. The fraction of sp³-hybridized carbons (Fsp3) is 1.00. The lowest BCUT2D eigenvalue weighted by molar-refractivity contribution is 0.0764. The minimum Gasteiger partial charge on any atom is -0.304 e. The fourth-order valence-corrected chi connectivity index (χ4v) is 3.15. The standard InChI is InChI=1S/C13H26N2/c1-3-12-5-4-6-13(11-12)15-9-7-14(2)8-10-15/h12-13H,3-11H2,1-2H3. The SMILES string of the molecule is CCC1CCCC(N2CCN(C)CC2)C1. The quantitative estimate of drug-likeness (QED) is 0.689. The first-order valence-corrected chi connectivity index (χ1v) is 6.72. The van der Waals surface area contributed by atoms with Crippen LogP contribution < -0.4 is 0 Å². The van der Waals surface area contributed by atoms with E-state index in [-0.39, 0.29) is 0 Å². The Hall–Kier alpha value is -0.0800. The average Bonchev–Trinajstić information content (AvgIpc) is 2.30. The molecule has 2 aliphatic rings. The molecule has 0 aromatic rings. The fourth-order valence-electron chi connectivity index (χ4n) is 3.15. The second-order valence-electron chi connectivity index (χ2n) is 5.43. The highest BCUT2D eigenvalue weighted by molar-refractivity contribution is 4.82. The third-order valence-electron chi connectivity index (χ3n) is 4.39. The number of nitrogens with zero attached hydrogens (tertiary/aromatic N) is 2. The Morgan fingerprint density at radius 3 is 2.47 bits per heavy atom. The first-order valence-electron chi connectivity index (χ1n) is 6.72. The van der Waals surface area contributed by atoms with Crippen molar-refractivity contribution < 1.29 is 0 Å². The number of hydrogen-bond donors (Lipinski definition) is 0. The number of likely N-dealkylation sites (N-methyl/N-ethyl adjacent to an activating group) is 1. The van der Waals surface area contributed by atoms with Crippen molar-refractivity contribution in [2.45, 2.75) is 45.1 Å². The van der Waals surface area contributed by atoms with E-state index in [9.17, 15) is 0 Å². The molecular weight excluding hydrogens is 184 g/mol. The molecule has 2 rings (SSSR count). The van der Waals surface area contributed by atoms with Crippen LogP contribution in [0.5, 0.6) is 0 Å². The highest BCUT2D eigenvalue weighted by Crippen LogP contribution is 2.29. The van der Waals surface area contributed by atoms with Gasteiger partial charge in [0.05, 0.1) is 0 Å². The highest BCUT2D eigenvalue weighted by atomic mass is 15.3. The van der Waals surface area contributed by atoms with Gasteiger partial charge in [-0.25, -0.2) is 0 Å². The second-order valence-corrected chi connectivity index (χ2v) is 5.43. The van der Waals surface area contributed by atoms with Gasteiger partial charge in [0.1, 0.15) is 0 Å². The van der Waals surface area contributed by atoms with Crippen LogP contribution in [-0.4, -0.2) is 49.1 Å². The molecule has 1 heterocycles. The first-order chi connectivity index (χ1) is 7.29. The van der Waals surface area contributed by atoms with Gasteiger partial charge in [0.25, 0.3) is 0 Å². The highest BCUT2D eigenvalue weighted by Gasteiger charge is 2.27. The maximum absolute atomic E-state index is 2.75. The van der Waals surface area contributed by atoms with Gasteiger partial charge in [-0.2, -0.15) is 0 Å². The minimum atomic E-state index is 0.914. The van der Waals surface area contributed by atoms with Gasteiger partial charge in [-0.15, -0.1) is 0 Å². The van der Waals surface area contributed by atoms with Crippen LogP contribution in [0.4, 0.5) is 0 Å². The van der Waals surface area contributed by atoms with E-state index in [0.717, 1.165) is 12.0 Å². The van der Waals surface area contributed by atoms with Crippen LogP contribution in [0, 0.1) is 5.92 Å². The molecule has 2 unspecified atom stereocenters. The van der Waals surface area contributed by atoms with Crippen LogP contribution >= 0.6 is 0 Å². The third kappa shape index (κ3) is 2.94. The van der Waals surface area contributed by atoms with E-state index in [1.54, 1.807) is 0 Å². The molecule has 2 atom stereocenters. The molecule has 0 radical (unpaired) electrons. The Kier molecular flexibility index (Phi) is 4.04. The molecule has 0 spiro atoms. The van der Waals surface area contributed by atoms with Gasteiger partial charge >= 0.3 is 0 Å². The van der Waals surface area contributed by atoms with Crippen molar-refractivity contribution in [3.63, 3.8) is 0 Å². The van der Waals surface area contributed by atoms with E-state index < -0.39 is 0 Å². The zero-order valence-corrected chi connectivity index (χ0v) is 10.4. The van der Waals surface area contributed by atoms with E-state index in [0.29, 0.717) is 0 Å². The molecule has 1 saturated carbocycles. The van der Waals surface area contributed by atoms with Crippen molar-refractivity contribution in [1.29, 1.82) is 0 Å². The summed E-state index contributed by atoms with van der Waals surface area (Å²) in [5.74, 6) is 1.02. The molecule has 88 valence electrons. The normalized spacial score (nSPS) is 35.6. The number of piperazine rings is 1. The summed E-state index contributed by atoms with van der Waals surface area (Å²) < 4.78 is 0. The first kappa shape index (κ1) is 11.4. The molecule has 0 aromatic carbocycles.